The molecule has 0 atom stereocenters. The second kappa shape index (κ2) is 27.4. The van der Waals surface area contributed by atoms with E-state index in [1.54, 1.807) is 99.1 Å². The average molecular weight is 1310 g/mol. The molecule has 4 aliphatic rings. The van der Waals surface area contributed by atoms with Crippen molar-refractivity contribution in [2.45, 2.75) is 123 Å². The van der Waals surface area contributed by atoms with Crippen LogP contribution in [0.2, 0.25) is 10.0 Å². The lowest BCUT2D eigenvalue weighted by atomic mass is 9.60. The van der Waals surface area contributed by atoms with Crippen LogP contribution in [0.15, 0.2) is 97.3 Å². The van der Waals surface area contributed by atoms with Crippen molar-refractivity contribution in [2.24, 2.45) is 16.6 Å². The summed E-state index contributed by atoms with van der Waals surface area (Å²) in [5.74, 6) is 0.564. The maximum atomic E-state index is 14.3. The minimum atomic E-state index is -4.59. The number of benzene rings is 4. The fourth-order valence-corrected chi connectivity index (χ4v) is 14.3. The second-order valence-electron chi connectivity index (χ2n) is 24.4. The number of hydrogen-bond donors (Lipinski definition) is 6. The lowest BCUT2D eigenvalue weighted by Crippen LogP contribution is -2.55. The Kier molecular flexibility index (Phi) is 21.1. The number of amides is 1. The van der Waals surface area contributed by atoms with E-state index in [-0.39, 0.29) is 86.7 Å². The van der Waals surface area contributed by atoms with Gasteiger partial charge in [0.2, 0.25) is 11.9 Å². The second-order valence-corrected chi connectivity index (χ2v) is 31.6. The minimum Gasteiger partial charge on any atom is -0.444 e. The predicted octanol–water partition coefficient (Wildman–Crippen LogP) is 16.4. The number of carbonyl (C=O) groups is 1. The Hall–Kier alpha value is -6.31. The summed E-state index contributed by atoms with van der Waals surface area (Å²) in [4.78, 5) is 32.8. The first kappa shape index (κ1) is 67.6. The maximum absolute atomic E-state index is 14.3. The van der Waals surface area contributed by atoms with Crippen LogP contribution in [0.5, 0.6) is 0 Å². The molecule has 1 amide bonds. The molecule has 88 heavy (non-hydrogen) atoms. The van der Waals surface area contributed by atoms with Crippen LogP contribution in [-0.2, 0) is 26.2 Å². The molecule has 0 bridgehead atoms. The Balaban J connectivity index is 0.000000243. The van der Waals surface area contributed by atoms with Crippen molar-refractivity contribution in [3.05, 3.63) is 118 Å². The number of aromatic nitrogens is 4. The molecule has 16 nitrogen and oxygen atoms in total. The summed E-state index contributed by atoms with van der Waals surface area (Å²) < 4.78 is 123. The van der Waals surface area contributed by atoms with Gasteiger partial charge >= 0.3 is 18.4 Å². The van der Waals surface area contributed by atoms with Gasteiger partial charge in [0, 0.05) is 73.0 Å². The standard InChI is InChI=1S/C32H39ClF3N6O3P.C27H31ClF3N6OP.C2H6.CH4/c1-30(2,3)45-29(43)39-21-17-31(18-21)12-14-42(15-13-31)25-11-10-20(16-22(25)32(34,35)36)38-28-37-19-23(33)27(41-28)40-24-8-6-7-9-26(24)46(4,5)44;1-39(2,38)23-6-4-3-5-21(23)35-24-20(28)16-33-25(36-24)34-18-7-8-22(19(13-18)27(29,30)31)37-11-9-26(10-12-37)14-17(32)15-26;1-2;/h6-11,16,19,21H,12-15,17-18H2,1-5H3,(H,39,43)(H2,37,38,40,41);3-8,13,16-17H,9-12,14-15,32H2,1-2H3,(H2,33,34,35,36);1-2H3;1H4/i;;1D;. The fraction of sp³-hybridized carbons (Fsp3) is 0.468. The number of halogens is 8. The number of alkyl halides is 6. The van der Waals surface area contributed by atoms with Gasteiger partial charge in [0.15, 0.2) is 11.6 Å². The number of para-hydroxylation sites is 2. The van der Waals surface area contributed by atoms with Crippen LogP contribution in [0, 0.1) is 10.8 Å². The first-order valence-corrected chi connectivity index (χ1v) is 34.5. The third-order valence-corrected chi connectivity index (χ3v) is 19.5. The summed E-state index contributed by atoms with van der Waals surface area (Å²) in [6, 6.07) is 22.7. The summed E-state index contributed by atoms with van der Waals surface area (Å²) in [6.45, 7) is 16.4. The highest BCUT2D eigenvalue weighted by atomic mass is 35.5. The summed E-state index contributed by atoms with van der Waals surface area (Å²) in [5.41, 5.74) is 5.93. The fourth-order valence-electron chi connectivity index (χ4n) is 11.7. The Bertz CT molecular complexity index is 3540. The van der Waals surface area contributed by atoms with E-state index in [0.717, 1.165) is 63.5 Å². The smallest absolute Gasteiger partial charge is 0.418 e. The van der Waals surface area contributed by atoms with Gasteiger partial charge in [-0.15, -0.1) is 0 Å². The molecule has 2 saturated heterocycles. The van der Waals surface area contributed by atoms with Crippen molar-refractivity contribution < 1.29 is 46.4 Å². The Morgan fingerprint density at radius 3 is 1.38 bits per heavy atom. The average Bonchev–Trinajstić information content (AvgIpc) is 0.872. The van der Waals surface area contributed by atoms with E-state index in [1.165, 1.54) is 24.5 Å². The van der Waals surface area contributed by atoms with Crippen molar-refractivity contribution in [3.8, 4) is 0 Å². The highest BCUT2D eigenvalue weighted by molar-refractivity contribution is 7.70. The molecule has 2 aromatic heterocycles. The molecule has 4 aromatic carbocycles. The number of hydrogen-bond acceptors (Lipinski definition) is 15. The quantitative estimate of drug-likeness (QED) is 0.0470. The van der Waals surface area contributed by atoms with Gasteiger partial charge in [0.1, 0.15) is 29.9 Å². The SMILES string of the molecule is C.CC(C)(C)OC(=O)NC1CC2(CCN(c3ccc(Nc4ncc(Cl)c(Nc5ccccc5P(C)(C)=O)n4)cc3C(F)(F)F)CC2)C1.CP(C)(=O)c1ccccc1Nc1nc(Nc2ccc(N3CCC4(CC3)CC(N)C4)c(C(F)(F)F)c2)ncc1Cl.[2H]CC. The van der Waals surface area contributed by atoms with E-state index in [1.807, 2.05) is 25.7 Å². The Morgan fingerprint density at radius 2 is 1.02 bits per heavy atom. The van der Waals surface area contributed by atoms with Gasteiger partial charge in [0.05, 0.1) is 34.9 Å². The van der Waals surface area contributed by atoms with Crippen molar-refractivity contribution in [1.29, 1.82) is 0 Å². The van der Waals surface area contributed by atoms with Gasteiger partial charge in [0.25, 0.3) is 0 Å². The Labute approximate surface area is 523 Å². The number of anilines is 10. The molecule has 0 radical (unpaired) electrons. The zero-order valence-electron chi connectivity index (χ0n) is 50.9. The lowest BCUT2D eigenvalue weighted by Gasteiger charge is -2.52. The van der Waals surface area contributed by atoms with Crippen LogP contribution in [0.1, 0.15) is 106 Å². The highest BCUT2D eigenvalue weighted by Crippen LogP contribution is 2.52. The number of rotatable bonds is 13. The number of alkyl carbamates (subject to hydrolysis) is 1. The molecule has 2 spiro atoms. The molecule has 26 heteroatoms. The van der Waals surface area contributed by atoms with Gasteiger partial charge in [-0.25, -0.2) is 14.8 Å². The van der Waals surface area contributed by atoms with Gasteiger partial charge < -0.3 is 56.0 Å². The summed E-state index contributed by atoms with van der Waals surface area (Å²) in [7, 11) is -5.23. The van der Waals surface area contributed by atoms with Gasteiger partial charge in [-0.1, -0.05) is 68.7 Å². The number of nitrogens with two attached hydrogens (primary N) is 1. The maximum Gasteiger partial charge on any atom is 0.418 e. The molecule has 2 saturated carbocycles. The molecule has 4 heterocycles. The van der Waals surface area contributed by atoms with Gasteiger partial charge in [-0.3, -0.25) is 0 Å². The molecular weight excluding hydrogens is 1220 g/mol. The number of nitrogens with one attached hydrogen (secondary N) is 5. The van der Waals surface area contributed by atoms with E-state index >= 15 is 0 Å². The van der Waals surface area contributed by atoms with Gasteiger partial charge in [-0.2, -0.15) is 36.3 Å². The molecular formula is C62H80Cl2F6N12O4P2. The van der Waals surface area contributed by atoms with Crippen LogP contribution >= 0.6 is 37.5 Å². The van der Waals surface area contributed by atoms with E-state index in [0.29, 0.717) is 55.1 Å². The number of nitrogens with zero attached hydrogens (tertiary/aromatic N) is 6. The van der Waals surface area contributed by atoms with Crippen molar-refractivity contribution >= 4 is 112 Å². The molecule has 4 fully saturated rings. The zero-order chi connectivity index (χ0) is 64.2. The first-order chi connectivity index (χ1) is 41.1. The number of carbonyl (C=O) groups excluding carboxylic acids is 1. The molecule has 6 aromatic rings. The summed E-state index contributed by atoms with van der Waals surface area (Å²) in [6.07, 6.45) is -0.223. The third-order valence-electron chi connectivity index (χ3n) is 15.9. The van der Waals surface area contributed by atoms with Crippen molar-refractivity contribution in [2.75, 3.05) is 83.9 Å². The molecule has 478 valence electrons. The summed E-state index contributed by atoms with van der Waals surface area (Å²) in [5, 5.41) is 16.5. The van der Waals surface area contributed by atoms with E-state index in [4.69, 9.17) is 35.0 Å². The van der Waals surface area contributed by atoms with Crippen LogP contribution < -0.4 is 52.7 Å². The van der Waals surface area contributed by atoms with Crippen molar-refractivity contribution in [3.63, 3.8) is 0 Å². The molecule has 7 N–H and O–H groups in total. The molecule has 2 aliphatic carbocycles. The van der Waals surface area contributed by atoms with Crippen LogP contribution in [0.25, 0.3) is 0 Å². The minimum absolute atomic E-state index is 0. The largest absolute Gasteiger partial charge is 0.444 e. The van der Waals surface area contributed by atoms with E-state index < -0.39 is 49.5 Å². The van der Waals surface area contributed by atoms with Crippen molar-refractivity contribution in [1.82, 2.24) is 25.3 Å². The van der Waals surface area contributed by atoms with Crippen LogP contribution in [0.3, 0.4) is 0 Å². The van der Waals surface area contributed by atoms with Crippen LogP contribution in [-0.4, -0.2) is 96.6 Å². The predicted molar refractivity (Wildman–Crippen MR) is 347 cm³/mol. The third kappa shape index (κ3) is 17.3. The monoisotopic (exact) mass is 1300 g/mol. The molecule has 2 aliphatic heterocycles. The molecule has 10 rings (SSSR count). The van der Waals surface area contributed by atoms with Gasteiger partial charge in [-0.05, 0) is 170 Å². The number of ether oxygens (including phenoxy) is 1. The van der Waals surface area contributed by atoms with E-state index in [2.05, 4.69) is 46.5 Å². The topological polar surface area (TPSA) is 205 Å². The first-order valence-electron chi connectivity index (χ1n) is 29.3. The zero-order valence-corrected chi connectivity index (χ0v) is 53.2. The van der Waals surface area contributed by atoms with Crippen LogP contribution in [0.4, 0.5) is 88.8 Å². The molecule has 0 unspecified atom stereocenters. The van der Waals surface area contributed by atoms with E-state index in [9.17, 15) is 40.3 Å². The Morgan fingerprint density at radius 1 is 0.648 bits per heavy atom. The number of piperidine rings is 2. The lowest BCUT2D eigenvalue weighted by molar-refractivity contribution is -0.138. The normalized spacial score (nSPS) is 16.9. The highest BCUT2D eigenvalue weighted by Gasteiger charge is 2.48. The summed E-state index contributed by atoms with van der Waals surface area (Å²) >= 11 is 12.6.